The quantitative estimate of drug-likeness (QED) is 0.235. The van der Waals surface area contributed by atoms with Gasteiger partial charge in [-0.1, -0.05) is 0 Å². The van der Waals surface area contributed by atoms with E-state index >= 15 is 0 Å². The zero-order chi connectivity index (χ0) is 7.82. The van der Waals surface area contributed by atoms with Crippen LogP contribution < -0.4 is 16.7 Å². The third-order valence-electron chi connectivity index (χ3n) is 0.660. The van der Waals surface area contributed by atoms with Gasteiger partial charge in [-0.25, -0.2) is 11.0 Å². The minimum absolute atomic E-state index is 0.0357. The SMILES string of the molecule is CNOB(OCN)ONC. The summed E-state index contributed by atoms with van der Waals surface area (Å²) in [6, 6.07) is 0. The molecule has 0 saturated heterocycles. The molecule has 0 aliphatic rings. The van der Waals surface area contributed by atoms with Crippen LogP contribution in [-0.4, -0.2) is 28.1 Å². The first-order valence-corrected chi connectivity index (χ1v) is 2.81. The lowest BCUT2D eigenvalue weighted by atomic mass is 10.2. The molecule has 0 rings (SSSR count). The van der Waals surface area contributed by atoms with Crippen LogP contribution in [0.3, 0.4) is 0 Å². The average molecular weight is 149 g/mol. The smallest absolute Gasteiger partial charge is 0.371 e. The van der Waals surface area contributed by atoms with Crippen LogP contribution in [0.1, 0.15) is 0 Å². The zero-order valence-corrected chi connectivity index (χ0v) is 6.09. The first kappa shape index (κ1) is 9.82. The van der Waals surface area contributed by atoms with E-state index in [4.69, 9.17) is 10.4 Å². The zero-order valence-electron chi connectivity index (χ0n) is 6.09. The number of hydrogen-bond acceptors (Lipinski definition) is 6. The first-order valence-electron chi connectivity index (χ1n) is 2.81. The van der Waals surface area contributed by atoms with Crippen molar-refractivity contribution in [3.05, 3.63) is 0 Å². The summed E-state index contributed by atoms with van der Waals surface area (Å²) in [4.78, 5) is 0. The second-order valence-corrected chi connectivity index (χ2v) is 1.27. The molecular formula is C3H12BN3O3. The van der Waals surface area contributed by atoms with Crippen molar-refractivity contribution in [1.29, 1.82) is 0 Å². The van der Waals surface area contributed by atoms with Gasteiger partial charge < -0.3 is 10.4 Å². The van der Waals surface area contributed by atoms with E-state index in [1.165, 1.54) is 0 Å². The van der Waals surface area contributed by atoms with Gasteiger partial charge in [0, 0.05) is 14.1 Å². The number of hydrogen-bond donors (Lipinski definition) is 3. The highest BCUT2D eigenvalue weighted by atomic mass is 16.8. The molecule has 0 atom stereocenters. The van der Waals surface area contributed by atoms with Gasteiger partial charge in [0.1, 0.15) is 0 Å². The predicted molar refractivity (Wildman–Crippen MR) is 36.2 cm³/mol. The fourth-order valence-electron chi connectivity index (χ4n) is 0.363. The molecule has 0 aliphatic carbocycles. The van der Waals surface area contributed by atoms with Gasteiger partial charge in [0.2, 0.25) is 0 Å². The van der Waals surface area contributed by atoms with Crippen molar-refractivity contribution in [3.8, 4) is 0 Å². The van der Waals surface area contributed by atoms with Crippen molar-refractivity contribution in [2.24, 2.45) is 5.73 Å². The Morgan fingerprint density at radius 3 is 2.10 bits per heavy atom. The lowest BCUT2D eigenvalue weighted by Crippen LogP contribution is -2.37. The molecule has 0 saturated carbocycles. The third kappa shape index (κ3) is 4.68. The van der Waals surface area contributed by atoms with Crippen molar-refractivity contribution < 1.29 is 14.2 Å². The Kier molecular flexibility index (Phi) is 6.82. The molecule has 0 unspecified atom stereocenters. The topological polar surface area (TPSA) is 77.8 Å². The lowest BCUT2D eigenvalue weighted by Gasteiger charge is -2.09. The maximum atomic E-state index is 5.05. The second-order valence-electron chi connectivity index (χ2n) is 1.27. The highest BCUT2D eigenvalue weighted by Crippen LogP contribution is 1.83. The molecule has 6 nitrogen and oxygen atoms in total. The number of rotatable bonds is 6. The van der Waals surface area contributed by atoms with Crippen LogP contribution in [0.25, 0.3) is 0 Å². The summed E-state index contributed by atoms with van der Waals surface area (Å²) in [5, 5.41) is 0. The van der Waals surface area contributed by atoms with E-state index in [1.54, 1.807) is 14.1 Å². The van der Waals surface area contributed by atoms with E-state index in [1.807, 2.05) is 0 Å². The number of nitrogens with one attached hydrogen (secondary N) is 2. The Morgan fingerprint density at radius 1 is 1.30 bits per heavy atom. The molecule has 0 aromatic rings. The van der Waals surface area contributed by atoms with Crippen molar-refractivity contribution in [3.63, 3.8) is 0 Å². The minimum atomic E-state index is -0.819. The minimum Gasteiger partial charge on any atom is -0.371 e. The maximum absolute atomic E-state index is 5.05. The van der Waals surface area contributed by atoms with Crippen molar-refractivity contribution in [2.45, 2.75) is 0 Å². The van der Waals surface area contributed by atoms with Gasteiger partial charge >= 0.3 is 7.32 Å². The van der Waals surface area contributed by atoms with E-state index < -0.39 is 7.32 Å². The van der Waals surface area contributed by atoms with Crippen LogP contribution in [0.2, 0.25) is 0 Å². The Hall–Kier alpha value is -0.175. The predicted octanol–water partition coefficient (Wildman–Crippen LogP) is -1.79. The Morgan fingerprint density at radius 2 is 1.80 bits per heavy atom. The van der Waals surface area contributed by atoms with Crippen LogP contribution in [0, 0.1) is 0 Å². The Bertz CT molecular complexity index is 61.7. The van der Waals surface area contributed by atoms with Gasteiger partial charge in [0.05, 0.1) is 6.73 Å². The first-order chi connectivity index (χ1) is 4.85. The second kappa shape index (κ2) is 6.94. The summed E-state index contributed by atoms with van der Waals surface area (Å²) in [6.07, 6.45) is 0. The molecule has 0 aromatic carbocycles. The van der Waals surface area contributed by atoms with E-state index in [2.05, 4.69) is 20.5 Å². The van der Waals surface area contributed by atoms with E-state index in [9.17, 15) is 0 Å². The molecule has 0 radical (unpaired) electrons. The summed E-state index contributed by atoms with van der Waals surface area (Å²) >= 11 is 0. The highest BCUT2D eigenvalue weighted by molar-refractivity contribution is 6.35. The Labute approximate surface area is 60.1 Å². The van der Waals surface area contributed by atoms with Gasteiger partial charge in [0.15, 0.2) is 0 Å². The summed E-state index contributed by atoms with van der Waals surface area (Å²) in [5.74, 6) is 0. The molecule has 0 aliphatic heterocycles. The summed E-state index contributed by atoms with van der Waals surface area (Å²) in [6.45, 7) is 0.0357. The standard InChI is InChI=1S/C3H12BN3O3/c1-6-9-4(8-3-5)10-7-2/h6-7H,3,5H2,1-2H3. The fourth-order valence-corrected chi connectivity index (χ4v) is 0.363. The molecule has 0 spiro atoms. The van der Waals surface area contributed by atoms with Crippen molar-refractivity contribution in [2.75, 3.05) is 20.8 Å². The van der Waals surface area contributed by atoms with Gasteiger partial charge in [-0.3, -0.25) is 9.51 Å². The van der Waals surface area contributed by atoms with Gasteiger partial charge in [0.25, 0.3) is 0 Å². The van der Waals surface area contributed by atoms with Crippen LogP contribution in [0.4, 0.5) is 0 Å². The van der Waals surface area contributed by atoms with Crippen LogP contribution in [0.15, 0.2) is 0 Å². The monoisotopic (exact) mass is 149 g/mol. The molecule has 0 bridgehead atoms. The van der Waals surface area contributed by atoms with Gasteiger partial charge in [-0.15, -0.1) is 0 Å². The van der Waals surface area contributed by atoms with E-state index in [-0.39, 0.29) is 6.73 Å². The Balaban J connectivity index is 3.30. The third-order valence-corrected chi connectivity index (χ3v) is 0.660. The number of hydroxylamine groups is 2. The molecule has 0 fully saturated rings. The lowest BCUT2D eigenvalue weighted by molar-refractivity contribution is 0.0333. The molecule has 60 valence electrons. The van der Waals surface area contributed by atoms with Gasteiger partial charge in [-0.2, -0.15) is 0 Å². The van der Waals surface area contributed by atoms with Crippen LogP contribution in [-0.2, 0) is 14.2 Å². The van der Waals surface area contributed by atoms with Crippen LogP contribution in [0.5, 0.6) is 0 Å². The molecule has 7 heteroatoms. The molecule has 0 aromatic heterocycles. The molecule has 10 heavy (non-hydrogen) atoms. The molecule has 0 amide bonds. The van der Waals surface area contributed by atoms with E-state index in [0.29, 0.717) is 0 Å². The number of nitrogens with two attached hydrogens (primary N) is 1. The van der Waals surface area contributed by atoms with E-state index in [0.717, 1.165) is 0 Å². The molecular weight excluding hydrogens is 137 g/mol. The summed E-state index contributed by atoms with van der Waals surface area (Å²) in [7, 11) is 2.36. The largest absolute Gasteiger partial charge is 0.675 e. The summed E-state index contributed by atoms with van der Waals surface area (Å²) in [5.41, 5.74) is 9.84. The molecule has 0 heterocycles. The average Bonchev–Trinajstić information content (AvgIpc) is 1.90. The normalized spacial score (nSPS) is 9.90. The van der Waals surface area contributed by atoms with Crippen molar-refractivity contribution >= 4 is 7.32 Å². The van der Waals surface area contributed by atoms with Crippen LogP contribution >= 0.6 is 0 Å². The highest BCUT2D eigenvalue weighted by Gasteiger charge is 2.20. The molecule has 4 N–H and O–H groups in total. The maximum Gasteiger partial charge on any atom is 0.675 e. The van der Waals surface area contributed by atoms with Gasteiger partial charge in [-0.05, 0) is 0 Å². The summed E-state index contributed by atoms with van der Waals surface area (Å²) < 4.78 is 14.1. The fraction of sp³-hybridized carbons (Fsp3) is 1.00. The van der Waals surface area contributed by atoms with Crippen molar-refractivity contribution in [1.82, 2.24) is 11.0 Å².